The van der Waals surface area contributed by atoms with Crippen molar-refractivity contribution in [3.8, 4) is 0 Å². The average Bonchev–Trinajstić information content (AvgIpc) is 2.46. The lowest BCUT2D eigenvalue weighted by Crippen LogP contribution is -2.30. The van der Waals surface area contributed by atoms with Crippen LogP contribution >= 0.6 is 11.6 Å². The molecule has 4 heteroatoms. The van der Waals surface area contributed by atoms with Crippen molar-refractivity contribution in [2.24, 2.45) is 0 Å². The molecular formula is C16H17ClN2O. The van der Waals surface area contributed by atoms with E-state index < -0.39 is 0 Å². The summed E-state index contributed by atoms with van der Waals surface area (Å²) in [6.45, 7) is 1.97. The number of nitrogens with two attached hydrogens (primary N) is 1. The Morgan fingerprint density at radius 1 is 1.15 bits per heavy atom. The van der Waals surface area contributed by atoms with E-state index in [9.17, 15) is 4.79 Å². The van der Waals surface area contributed by atoms with Gasteiger partial charge in [-0.3, -0.25) is 4.79 Å². The summed E-state index contributed by atoms with van der Waals surface area (Å²) in [6, 6.07) is 14.9. The van der Waals surface area contributed by atoms with E-state index in [0.29, 0.717) is 16.3 Å². The Hall–Kier alpha value is -2.00. The Morgan fingerprint density at radius 2 is 1.80 bits per heavy atom. The maximum atomic E-state index is 12.6. The molecule has 2 aromatic rings. The molecule has 0 saturated heterocycles. The van der Waals surface area contributed by atoms with E-state index in [1.807, 2.05) is 37.3 Å². The molecule has 0 aliphatic heterocycles. The van der Waals surface area contributed by atoms with E-state index >= 15 is 0 Å². The third-order valence-electron chi connectivity index (χ3n) is 3.44. The van der Waals surface area contributed by atoms with Crippen molar-refractivity contribution in [3.05, 3.63) is 64.7 Å². The lowest BCUT2D eigenvalue weighted by atomic mass is 10.1. The Kier molecular flexibility index (Phi) is 4.30. The first-order valence-corrected chi connectivity index (χ1v) is 6.76. The molecule has 1 amide bonds. The molecule has 0 aliphatic carbocycles. The Balaban J connectivity index is 2.29. The van der Waals surface area contributed by atoms with Gasteiger partial charge in [-0.25, -0.2) is 0 Å². The van der Waals surface area contributed by atoms with Crippen molar-refractivity contribution in [3.63, 3.8) is 0 Å². The summed E-state index contributed by atoms with van der Waals surface area (Å²) in [5, 5.41) is 0.377. The van der Waals surface area contributed by atoms with Crippen LogP contribution in [0.25, 0.3) is 0 Å². The first kappa shape index (κ1) is 14.4. The molecule has 0 radical (unpaired) electrons. The third kappa shape index (κ3) is 2.78. The minimum Gasteiger partial charge on any atom is -0.398 e. The second-order valence-electron chi connectivity index (χ2n) is 4.71. The number of amides is 1. The predicted molar refractivity (Wildman–Crippen MR) is 82.8 cm³/mol. The minimum atomic E-state index is -0.176. The fourth-order valence-corrected chi connectivity index (χ4v) is 2.34. The van der Waals surface area contributed by atoms with Crippen LogP contribution in [0.15, 0.2) is 48.5 Å². The Bertz CT molecular complexity index is 593. The number of carbonyl (C=O) groups is 1. The van der Waals surface area contributed by atoms with Gasteiger partial charge in [0, 0.05) is 12.7 Å². The molecule has 1 unspecified atom stereocenters. The summed E-state index contributed by atoms with van der Waals surface area (Å²) in [7, 11) is 1.75. The molecule has 0 saturated carbocycles. The van der Waals surface area contributed by atoms with Crippen LogP contribution in [-0.4, -0.2) is 17.9 Å². The zero-order valence-corrected chi connectivity index (χ0v) is 12.3. The lowest BCUT2D eigenvalue weighted by molar-refractivity contribution is 0.0744. The maximum Gasteiger partial charge on any atom is 0.257 e. The normalized spacial score (nSPS) is 11.9. The number of benzene rings is 2. The summed E-state index contributed by atoms with van der Waals surface area (Å²) < 4.78 is 0. The van der Waals surface area contributed by atoms with Crippen molar-refractivity contribution in [2.45, 2.75) is 13.0 Å². The number of hydrogen-bond donors (Lipinski definition) is 1. The largest absolute Gasteiger partial charge is 0.398 e. The topological polar surface area (TPSA) is 46.3 Å². The summed E-state index contributed by atoms with van der Waals surface area (Å²) in [5.74, 6) is -0.176. The van der Waals surface area contributed by atoms with Crippen LogP contribution in [0, 0.1) is 0 Å². The first-order valence-electron chi connectivity index (χ1n) is 6.38. The summed E-state index contributed by atoms with van der Waals surface area (Å²) in [5.41, 5.74) is 7.69. The molecule has 0 spiro atoms. The van der Waals surface area contributed by atoms with Crippen molar-refractivity contribution < 1.29 is 4.79 Å². The molecule has 0 fully saturated rings. The van der Waals surface area contributed by atoms with Gasteiger partial charge in [0.05, 0.1) is 16.6 Å². The molecule has 2 rings (SSSR count). The van der Waals surface area contributed by atoms with Gasteiger partial charge in [0.25, 0.3) is 5.91 Å². The van der Waals surface area contributed by atoms with E-state index in [1.165, 1.54) is 0 Å². The van der Waals surface area contributed by atoms with Crippen LogP contribution < -0.4 is 5.73 Å². The zero-order valence-electron chi connectivity index (χ0n) is 11.5. The number of halogens is 1. The predicted octanol–water partition coefficient (Wildman–Crippen LogP) is 3.76. The summed E-state index contributed by atoms with van der Waals surface area (Å²) >= 11 is 6.09. The van der Waals surface area contributed by atoms with Crippen molar-refractivity contribution in [1.82, 2.24) is 4.90 Å². The molecule has 0 aliphatic rings. The fraction of sp³-hybridized carbons (Fsp3) is 0.188. The van der Waals surface area contributed by atoms with Gasteiger partial charge >= 0.3 is 0 Å². The highest BCUT2D eigenvalue weighted by molar-refractivity contribution is 6.34. The lowest BCUT2D eigenvalue weighted by Gasteiger charge is -2.26. The fourth-order valence-electron chi connectivity index (χ4n) is 2.07. The third-order valence-corrected chi connectivity index (χ3v) is 3.76. The molecule has 104 valence electrons. The van der Waals surface area contributed by atoms with Crippen LogP contribution in [-0.2, 0) is 0 Å². The van der Waals surface area contributed by atoms with Crippen molar-refractivity contribution >= 4 is 23.2 Å². The highest BCUT2D eigenvalue weighted by Gasteiger charge is 2.22. The first-order chi connectivity index (χ1) is 9.52. The Labute approximate surface area is 124 Å². The van der Waals surface area contributed by atoms with Gasteiger partial charge in [0.15, 0.2) is 0 Å². The molecule has 3 nitrogen and oxygen atoms in total. The van der Waals surface area contributed by atoms with E-state index in [1.54, 1.807) is 30.1 Å². The van der Waals surface area contributed by atoms with Crippen LogP contribution in [0.5, 0.6) is 0 Å². The van der Waals surface area contributed by atoms with Gasteiger partial charge in [0.2, 0.25) is 0 Å². The molecule has 1 atom stereocenters. The molecular weight excluding hydrogens is 272 g/mol. The van der Waals surface area contributed by atoms with Crippen molar-refractivity contribution in [2.75, 3.05) is 12.8 Å². The second kappa shape index (κ2) is 5.97. The maximum absolute atomic E-state index is 12.6. The van der Waals surface area contributed by atoms with Crippen LogP contribution in [0.1, 0.15) is 28.9 Å². The van der Waals surface area contributed by atoms with Crippen molar-refractivity contribution in [1.29, 1.82) is 0 Å². The van der Waals surface area contributed by atoms with Crippen LogP contribution in [0.4, 0.5) is 5.69 Å². The highest BCUT2D eigenvalue weighted by Crippen LogP contribution is 2.27. The van der Waals surface area contributed by atoms with Gasteiger partial charge in [0.1, 0.15) is 0 Å². The highest BCUT2D eigenvalue weighted by atomic mass is 35.5. The zero-order chi connectivity index (χ0) is 14.7. The molecule has 2 N–H and O–H groups in total. The van der Waals surface area contributed by atoms with E-state index in [2.05, 4.69) is 0 Å². The molecule has 0 aromatic heterocycles. The van der Waals surface area contributed by atoms with Gasteiger partial charge in [-0.15, -0.1) is 0 Å². The minimum absolute atomic E-state index is 0.0561. The second-order valence-corrected chi connectivity index (χ2v) is 5.11. The molecule has 0 bridgehead atoms. The number of hydrogen-bond acceptors (Lipinski definition) is 2. The molecule has 0 heterocycles. The van der Waals surface area contributed by atoms with Gasteiger partial charge < -0.3 is 10.6 Å². The monoisotopic (exact) mass is 288 g/mol. The average molecular weight is 289 g/mol. The number of nitrogens with zero attached hydrogens (tertiary/aromatic N) is 1. The summed E-state index contributed by atoms with van der Waals surface area (Å²) in [6.07, 6.45) is 0. The van der Waals surface area contributed by atoms with Crippen LogP contribution in [0.2, 0.25) is 5.02 Å². The van der Waals surface area contributed by atoms with Gasteiger partial charge in [-0.05, 0) is 24.6 Å². The smallest absolute Gasteiger partial charge is 0.257 e. The summed E-state index contributed by atoms with van der Waals surface area (Å²) in [4.78, 5) is 14.2. The quantitative estimate of drug-likeness (QED) is 0.874. The van der Waals surface area contributed by atoms with E-state index in [-0.39, 0.29) is 11.9 Å². The van der Waals surface area contributed by atoms with Gasteiger partial charge in [-0.2, -0.15) is 0 Å². The van der Waals surface area contributed by atoms with Crippen LogP contribution in [0.3, 0.4) is 0 Å². The number of nitrogen functional groups attached to an aromatic ring is 1. The van der Waals surface area contributed by atoms with E-state index in [4.69, 9.17) is 17.3 Å². The Morgan fingerprint density at radius 3 is 2.40 bits per heavy atom. The molecule has 20 heavy (non-hydrogen) atoms. The number of anilines is 1. The number of rotatable bonds is 3. The molecule has 2 aromatic carbocycles. The number of carbonyl (C=O) groups excluding carboxylic acids is 1. The van der Waals surface area contributed by atoms with E-state index in [0.717, 1.165) is 5.56 Å². The SMILES string of the molecule is CC(c1ccccc1)N(C)C(=O)c1c(N)cccc1Cl. The standard InChI is InChI=1S/C16H17ClN2O/c1-11(12-7-4-3-5-8-12)19(2)16(20)15-13(17)9-6-10-14(15)18/h3-11H,18H2,1-2H3. The van der Waals surface area contributed by atoms with Gasteiger partial charge in [-0.1, -0.05) is 48.0 Å².